The Morgan fingerprint density at radius 2 is 1.80 bits per heavy atom. The van der Waals surface area contributed by atoms with Crippen molar-refractivity contribution in [3.63, 3.8) is 0 Å². The van der Waals surface area contributed by atoms with Crippen LogP contribution in [0.5, 0.6) is 0 Å². The number of fused-ring (bicyclic) bond motifs is 1. The number of aryl methyl sites for hydroxylation is 1. The van der Waals surface area contributed by atoms with Crippen molar-refractivity contribution in [3.8, 4) is 17.3 Å². The van der Waals surface area contributed by atoms with Crippen molar-refractivity contribution in [1.29, 1.82) is 5.26 Å². The highest BCUT2D eigenvalue weighted by molar-refractivity contribution is 5.77. The van der Waals surface area contributed by atoms with Crippen LogP contribution in [-0.2, 0) is 6.18 Å². The van der Waals surface area contributed by atoms with Crippen LogP contribution < -0.4 is 4.43 Å². The minimum Gasteiger partial charge on any atom is -0.804 e. The molecular formula is C17H10F3N3O2. The summed E-state index contributed by atoms with van der Waals surface area (Å²) < 4.78 is 38.9. The molecule has 0 spiro atoms. The van der Waals surface area contributed by atoms with E-state index in [0.717, 1.165) is 17.7 Å². The molecule has 0 saturated heterocycles. The van der Waals surface area contributed by atoms with Gasteiger partial charge in [-0.1, -0.05) is 17.7 Å². The van der Waals surface area contributed by atoms with Crippen LogP contribution >= 0.6 is 0 Å². The van der Waals surface area contributed by atoms with Gasteiger partial charge in [0.25, 0.3) is 5.52 Å². The van der Waals surface area contributed by atoms with Crippen LogP contribution in [0, 0.1) is 28.4 Å². The molecule has 1 aromatic heterocycles. The lowest BCUT2D eigenvalue weighted by Gasteiger charge is -2.16. The fourth-order valence-corrected chi connectivity index (χ4v) is 2.53. The molecule has 1 heterocycles. The van der Waals surface area contributed by atoms with Crippen LogP contribution in [0.25, 0.3) is 22.3 Å². The summed E-state index contributed by atoms with van der Waals surface area (Å²) in [5.74, 6) is 0. The van der Waals surface area contributed by atoms with Gasteiger partial charge in [0.1, 0.15) is 11.6 Å². The maximum Gasteiger partial charge on any atom is 0.416 e. The Morgan fingerprint density at radius 1 is 1.16 bits per heavy atom. The number of aromatic nitrogens is 2. The van der Waals surface area contributed by atoms with Crippen LogP contribution in [0.2, 0.25) is 0 Å². The molecule has 0 saturated carbocycles. The molecule has 0 unspecified atom stereocenters. The van der Waals surface area contributed by atoms with E-state index in [4.69, 9.17) is 0 Å². The Labute approximate surface area is 139 Å². The van der Waals surface area contributed by atoms with Gasteiger partial charge in [-0.3, -0.25) is 0 Å². The number of rotatable bonds is 1. The molecule has 0 bridgehead atoms. The minimum absolute atomic E-state index is 0.0637. The predicted molar refractivity (Wildman–Crippen MR) is 84.0 cm³/mol. The summed E-state index contributed by atoms with van der Waals surface area (Å²) >= 11 is 0. The van der Waals surface area contributed by atoms with E-state index in [-0.39, 0.29) is 15.9 Å². The Hall–Kier alpha value is -3.34. The first-order chi connectivity index (χ1) is 11.7. The lowest BCUT2D eigenvalue weighted by Crippen LogP contribution is -2.24. The zero-order chi connectivity index (χ0) is 18.4. The van der Waals surface area contributed by atoms with Gasteiger partial charge in [0, 0.05) is 11.0 Å². The highest BCUT2D eigenvalue weighted by Gasteiger charge is 2.32. The minimum atomic E-state index is -4.67. The molecule has 5 nitrogen and oxygen atoms in total. The first-order valence-corrected chi connectivity index (χ1v) is 7.11. The zero-order valence-electron chi connectivity index (χ0n) is 12.8. The molecule has 2 aromatic carbocycles. The van der Waals surface area contributed by atoms with Crippen LogP contribution in [0.4, 0.5) is 13.2 Å². The fourth-order valence-electron chi connectivity index (χ4n) is 2.53. The number of nitriles is 1. The molecule has 0 N–H and O–H groups in total. The molecule has 0 aliphatic rings. The summed E-state index contributed by atoms with van der Waals surface area (Å²) in [6.45, 7) is 1.83. The Balaban J connectivity index is 2.41. The quantitative estimate of drug-likeness (QED) is 0.630. The van der Waals surface area contributed by atoms with Crippen molar-refractivity contribution in [3.05, 3.63) is 69.4 Å². The van der Waals surface area contributed by atoms with Gasteiger partial charge < -0.3 is 9.94 Å². The van der Waals surface area contributed by atoms with Crippen LogP contribution in [0.15, 0.2) is 42.5 Å². The molecule has 8 heteroatoms. The van der Waals surface area contributed by atoms with Crippen molar-refractivity contribution in [1.82, 2.24) is 4.73 Å². The summed E-state index contributed by atoms with van der Waals surface area (Å²) in [7, 11) is 0. The fraction of sp³-hybridized carbons (Fsp3) is 0.118. The van der Waals surface area contributed by atoms with E-state index in [1.807, 2.05) is 6.92 Å². The maximum absolute atomic E-state index is 12.9. The highest BCUT2D eigenvalue weighted by Crippen LogP contribution is 2.32. The summed E-state index contributed by atoms with van der Waals surface area (Å²) in [5, 5.41) is 21.7. The summed E-state index contributed by atoms with van der Waals surface area (Å²) in [4.78, 5) is 12.6. The average Bonchev–Trinajstić information content (AvgIpc) is 2.57. The van der Waals surface area contributed by atoms with Crippen molar-refractivity contribution < 1.29 is 17.6 Å². The predicted octanol–water partition coefficient (Wildman–Crippen LogP) is 3.77. The van der Waals surface area contributed by atoms with Crippen molar-refractivity contribution in [2.75, 3.05) is 0 Å². The van der Waals surface area contributed by atoms with Gasteiger partial charge in [-0.15, -0.1) is 0 Å². The van der Waals surface area contributed by atoms with E-state index in [1.165, 1.54) is 0 Å². The monoisotopic (exact) mass is 345 g/mol. The first-order valence-electron chi connectivity index (χ1n) is 7.11. The van der Waals surface area contributed by atoms with E-state index >= 15 is 0 Å². The molecule has 3 aromatic rings. The second-order valence-corrected chi connectivity index (χ2v) is 5.47. The number of hydrogen-bond donors (Lipinski definition) is 0. The molecule has 0 radical (unpaired) electrons. The summed E-state index contributed by atoms with van der Waals surface area (Å²) in [6, 6.07) is 10.4. The SMILES string of the molecule is Cc1ccc(-c2c(C#N)n([O-])c3cc(C(F)(F)F)ccc3[n+]2=O)cc1. The number of hydrogen-bond acceptors (Lipinski definition) is 3. The second-order valence-electron chi connectivity index (χ2n) is 5.47. The smallest absolute Gasteiger partial charge is 0.416 e. The van der Waals surface area contributed by atoms with E-state index in [2.05, 4.69) is 0 Å². The molecule has 126 valence electrons. The van der Waals surface area contributed by atoms with Crippen LogP contribution in [-0.4, -0.2) is 4.73 Å². The van der Waals surface area contributed by atoms with Gasteiger partial charge in [-0.25, -0.2) is 0 Å². The van der Waals surface area contributed by atoms with Crippen molar-refractivity contribution >= 4 is 11.0 Å². The Kier molecular flexibility index (Phi) is 3.72. The molecule has 0 aliphatic carbocycles. The van der Waals surface area contributed by atoms with E-state index in [1.54, 1.807) is 30.3 Å². The molecule has 3 rings (SSSR count). The molecule has 0 amide bonds. The van der Waals surface area contributed by atoms with Gasteiger partial charge in [0.15, 0.2) is 5.69 Å². The average molecular weight is 345 g/mol. The van der Waals surface area contributed by atoms with Crippen LogP contribution in [0.1, 0.15) is 16.8 Å². The summed E-state index contributed by atoms with van der Waals surface area (Å²) in [5.41, 5.74) is -1.38. The van der Waals surface area contributed by atoms with Gasteiger partial charge in [-0.2, -0.15) is 18.4 Å². The van der Waals surface area contributed by atoms with Gasteiger partial charge >= 0.3 is 11.9 Å². The van der Waals surface area contributed by atoms with E-state index in [0.29, 0.717) is 16.1 Å². The first kappa shape index (κ1) is 16.5. The van der Waals surface area contributed by atoms with Crippen molar-refractivity contribution in [2.45, 2.75) is 13.1 Å². The third kappa shape index (κ3) is 2.70. The van der Waals surface area contributed by atoms with E-state index in [9.17, 15) is 28.5 Å². The number of alkyl halides is 3. The zero-order valence-corrected chi connectivity index (χ0v) is 12.8. The van der Waals surface area contributed by atoms with Gasteiger partial charge in [0.2, 0.25) is 0 Å². The van der Waals surface area contributed by atoms with Crippen LogP contribution in [0.3, 0.4) is 0 Å². The molecule has 0 fully saturated rings. The topological polar surface area (TPSA) is 74.8 Å². The van der Waals surface area contributed by atoms with Crippen molar-refractivity contribution in [2.24, 2.45) is 0 Å². The number of benzene rings is 2. The molecule has 25 heavy (non-hydrogen) atoms. The van der Waals surface area contributed by atoms with E-state index < -0.39 is 23.0 Å². The lowest BCUT2D eigenvalue weighted by atomic mass is 10.1. The third-order valence-corrected chi connectivity index (χ3v) is 3.80. The third-order valence-electron chi connectivity index (χ3n) is 3.80. The maximum atomic E-state index is 12.9. The standard InChI is InChI=1S/C17H10F3N3O2/c1-10-2-4-11(5-3-10)16-15(9-21)22(24)14-8-12(17(18,19)20)6-7-13(14)23(16)25/h2-8H,1H3. The lowest BCUT2D eigenvalue weighted by molar-refractivity contribution is -0.452. The molecule has 0 aliphatic heterocycles. The number of halogens is 3. The second kappa shape index (κ2) is 5.63. The molecular weight excluding hydrogens is 335 g/mol. The van der Waals surface area contributed by atoms with Gasteiger partial charge in [0.05, 0.1) is 15.6 Å². The molecule has 0 atom stereocenters. The Bertz CT molecular complexity index is 1080. The number of nitrogens with zero attached hydrogens (tertiary/aromatic N) is 3. The summed E-state index contributed by atoms with van der Waals surface area (Å²) in [6.07, 6.45) is -4.67. The largest absolute Gasteiger partial charge is 0.804 e. The normalized spacial score (nSPS) is 11.5. The van der Waals surface area contributed by atoms with Gasteiger partial charge in [-0.05, 0) is 31.2 Å². The Morgan fingerprint density at radius 3 is 2.36 bits per heavy atom. The highest BCUT2D eigenvalue weighted by atomic mass is 19.4.